The van der Waals surface area contributed by atoms with E-state index in [9.17, 15) is 9.59 Å². The zero-order chi connectivity index (χ0) is 39.4. The standard InChI is InChI=1S/C39H48ClF2N7O5S/c1-21(18-47-15-9-8-10-16-47)52-34-43-30-25(33(45-34)49-22-11-12-23(49)20-48(19-22)37(51)54-39(5,6)7)17-26(40)28(29(30)42)24-13-14-27(41)32-31(24)44-35(55-32)46-36(50)53-38(2,3)4/h13-14,17,21-23H,8-12,15-16,18-20H2,1-7H3,(H,44,46,50)/t21-,22?,23?/m0/s1. The third kappa shape index (κ3) is 8.53. The molecule has 2 amide bonds. The Kier molecular flexibility index (Phi) is 10.8. The van der Waals surface area contributed by atoms with E-state index in [1.165, 1.54) is 18.6 Å². The lowest BCUT2D eigenvalue weighted by atomic mass is 10.0. The van der Waals surface area contributed by atoms with E-state index in [1.807, 2.05) is 27.7 Å². The third-order valence-corrected chi connectivity index (χ3v) is 11.1. The summed E-state index contributed by atoms with van der Waals surface area (Å²) in [5, 5.41) is 3.07. The van der Waals surface area contributed by atoms with Gasteiger partial charge >= 0.3 is 18.2 Å². The molecular weight excluding hydrogens is 752 g/mol. The minimum absolute atomic E-state index is 0.0154. The van der Waals surface area contributed by atoms with Gasteiger partial charge in [0.15, 0.2) is 10.9 Å². The van der Waals surface area contributed by atoms with Crippen LogP contribution < -0.4 is 15.0 Å². The summed E-state index contributed by atoms with van der Waals surface area (Å²) in [6, 6.07) is 4.06. The van der Waals surface area contributed by atoms with E-state index in [1.54, 1.807) is 31.7 Å². The number of nitrogens with one attached hydrogen (secondary N) is 1. The van der Waals surface area contributed by atoms with E-state index in [0.29, 0.717) is 30.8 Å². The highest BCUT2D eigenvalue weighted by molar-refractivity contribution is 7.22. The number of anilines is 2. The first-order valence-electron chi connectivity index (χ1n) is 18.9. The Balaban J connectivity index is 1.30. The van der Waals surface area contributed by atoms with Crippen LogP contribution in [0.1, 0.15) is 80.6 Å². The molecule has 296 valence electrons. The molecule has 3 atom stereocenters. The second kappa shape index (κ2) is 15.1. The van der Waals surface area contributed by atoms with E-state index < -0.39 is 28.9 Å². The van der Waals surface area contributed by atoms with Gasteiger partial charge in [0.2, 0.25) is 0 Å². The summed E-state index contributed by atoms with van der Waals surface area (Å²) in [6.45, 7) is 16.1. The van der Waals surface area contributed by atoms with Gasteiger partial charge in [-0.1, -0.05) is 29.4 Å². The van der Waals surface area contributed by atoms with Crippen LogP contribution in [0.3, 0.4) is 0 Å². The molecule has 1 N–H and O–H groups in total. The second-order valence-corrected chi connectivity index (χ2v) is 18.1. The van der Waals surface area contributed by atoms with Crippen molar-refractivity contribution in [1.29, 1.82) is 0 Å². The first-order chi connectivity index (χ1) is 25.9. The summed E-state index contributed by atoms with van der Waals surface area (Å²) in [6.07, 6.45) is 3.64. The topological polar surface area (TPSA) is 122 Å². The number of hydrogen-bond donors (Lipinski definition) is 1. The maximum atomic E-state index is 17.3. The second-order valence-electron chi connectivity index (χ2n) is 16.7. The number of hydrogen-bond acceptors (Lipinski definition) is 11. The number of likely N-dealkylation sites (tertiary alicyclic amines) is 2. The minimum Gasteiger partial charge on any atom is -0.459 e. The van der Waals surface area contributed by atoms with E-state index in [-0.39, 0.29) is 67.3 Å². The molecule has 3 aliphatic rings. The summed E-state index contributed by atoms with van der Waals surface area (Å²) < 4.78 is 50.0. The number of carbonyl (C=O) groups excluding carboxylic acids is 2. The monoisotopic (exact) mass is 799 g/mol. The molecule has 0 radical (unpaired) electrons. The molecule has 2 unspecified atom stereocenters. The fraction of sp³-hybridized carbons (Fsp3) is 0.564. The summed E-state index contributed by atoms with van der Waals surface area (Å²) in [5.74, 6) is -0.868. The van der Waals surface area contributed by atoms with Crippen LogP contribution in [0.4, 0.5) is 29.3 Å². The number of nitrogens with zero attached hydrogens (tertiary/aromatic N) is 6. The van der Waals surface area contributed by atoms with Gasteiger partial charge in [0, 0.05) is 48.2 Å². The Morgan fingerprint density at radius 1 is 0.964 bits per heavy atom. The average Bonchev–Trinajstić information content (AvgIpc) is 3.62. The molecule has 12 nitrogen and oxygen atoms in total. The van der Waals surface area contributed by atoms with Crippen LogP contribution >= 0.6 is 22.9 Å². The van der Waals surface area contributed by atoms with Crippen molar-refractivity contribution in [3.63, 3.8) is 0 Å². The molecule has 3 aliphatic heterocycles. The van der Waals surface area contributed by atoms with E-state index in [2.05, 4.69) is 25.1 Å². The van der Waals surface area contributed by atoms with Crippen molar-refractivity contribution in [3.05, 3.63) is 34.9 Å². The number of halogens is 3. The van der Waals surface area contributed by atoms with Gasteiger partial charge < -0.3 is 24.0 Å². The van der Waals surface area contributed by atoms with Crippen LogP contribution in [0.2, 0.25) is 5.02 Å². The highest BCUT2D eigenvalue weighted by Gasteiger charge is 2.44. The number of benzene rings is 2. The molecule has 0 spiro atoms. The van der Waals surface area contributed by atoms with Crippen molar-refractivity contribution < 1.29 is 32.6 Å². The van der Waals surface area contributed by atoms with Gasteiger partial charge in [-0.2, -0.15) is 9.97 Å². The maximum Gasteiger partial charge on any atom is 0.413 e. The number of amides is 2. The van der Waals surface area contributed by atoms with Crippen molar-refractivity contribution in [2.45, 2.75) is 110 Å². The molecule has 55 heavy (non-hydrogen) atoms. The first kappa shape index (κ1) is 39.2. The highest BCUT2D eigenvalue weighted by atomic mass is 35.5. The van der Waals surface area contributed by atoms with Gasteiger partial charge in [-0.15, -0.1) is 0 Å². The third-order valence-electron chi connectivity index (χ3n) is 9.86. The molecule has 0 aliphatic carbocycles. The lowest BCUT2D eigenvalue weighted by molar-refractivity contribution is 0.0209. The van der Waals surface area contributed by atoms with Crippen LogP contribution in [-0.4, -0.2) is 99.1 Å². The Morgan fingerprint density at radius 3 is 2.29 bits per heavy atom. The van der Waals surface area contributed by atoms with E-state index in [4.69, 9.17) is 30.8 Å². The maximum absolute atomic E-state index is 17.3. The average molecular weight is 800 g/mol. The van der Waals surface area contributed by atoms with Gasteiger partial charge in [-0.05, 0) is 105 Å². The van der Waals surface area contributed by atoms with Gasteiger partial charge in [-0.3, -0.25) is 10.2 Å². The van der Waals surface area contributed by atoms with Crippen LogP contribution in [0.5, 0.6) is 6.01 Å². The normalized spacial score (nSPS) is 19.9. The van der Waals surface area contributed by atoms with Gasteiger partial charge in [0.25, 0.3) is 0 Å². The molecule has 5 heterocycles. The molecule has 2 aromatic heterocycles. The van der Waals surface area contributed by atoms with Crippen molar-refractivity contribution in [2.75, 3.05) is 42.9 Å². The summed E-state index contributed by atoms with van der Waals surface area (Å²) in [7, 11) is 0. The molecule has 7 rings (SSSR count). The number of carbonyl (C=O) groups is 2. The number of aromatic nitrogens is 3. The molecule has 4 aromatic rings. The van der Waals surface area contributed by atoms with Crippen LogP contribution in [0.25, 0.3) is 32.2 Å². The van der Waals surface area contributed by atoms with Crippen molar-refractivity contribution in [3.8, 4) is 17.1 Å². The van der Waals surface area contributed by atoms with Crippen molar-refractivity contribution in [2.24, 2.45) is 0 Å². The lowest BCUT2D eigenvalue weighted by Gasteiger charge is -2.42. The SMILES string of the molecule is C[C@@H](CN1CCCCC1)Oc1nc(N2C3CCC2CN(C(=O)OC(C)(C)C)C3)c2cc(Cl)c(-c3ccc(F)c4sc(NC(=O)OC(C)(C)C)nc34)c(F)c2n1. The largest absolute Gasteiger partial charge is 0.459 e. The minimum atomic E-state index is -0.765. The van der Waals surface area contributed by atoms with Crippen LogP contribution in [0.15, 0.2) is 18.2 Å². The van der Waals surface area contributed by atoms with Crippen LogP contribution in [0, 0.1) is 11.6 Å². The molecular formula is C39H48ClF2N7O5S. The summed E-state index contributed by atoms with van der Waals surface area (Å²) in [4.78, 5) is 46.0. The number of ether oxygens (including phenoxy) is 3. The fourth-order valence-corrected chi connectivity index (χ4v) is 8.90. The molecule has 16 heteroatoms. The Labute approximate surface area is 328 Å². The first-order valence-corrected chi connectivity index (χ1v) is 20.1. The predicted molar refractivity (Wildman–Crippen MR) is 210 cm³/mol. The highest BCUT2D eigenvalue weighted by Crippen LogP contribution is 2.45. The van der Waals surface area contributed by atoms with Gasteiger partial charge in [0.05, 0.1) is 15.2 Å². The van der Waals surface area contributed by atoms with E-state index >= 15 is 8.78 Å². The Bertz CT molecular complexity index is 2100. The van der Waals surface area contributed by atoms with Crippen molar-refractivity contribution in [1.82, 2.24) is 24.8 Å². The van der Waals surface area contributed by atoms with Crippen LogP contribution in [-0.2, 0) is 9.47 Å². The molecule has 2 bridgehead atoms. The number of rotatable bonds is 7. The zero-order valence-corrected chi connectivity index (χ0v) is 33.9. The Morgan fingerprint density at radius 2 is 1.64 bits per heavy atom. The number of piperazine rings is 1. The molecule has 0 saturated carbocycles. The number of thiazole rings is 1. The molecule has 3 fully saturated rings. The van der Waals surface area contributed by atoms with Crippen molar-refractivity contribution >= 4 is 67.2 Å². The number of fused-ring (bicyclic) bond motifs is 4. The smallest absolute Gasteiger partial charge is 0.413 e. The summed E-state index contributed by atoms with van der Waals surface area (Å²) >= 11 is 7.88. The quantitative estimate of drug-likeness (QED) is 0.194. The Hall–Kier alpha value is -4.08. The number of piperidine rings is 1. The van der Waals surface area contributed by atoms with E-state index in [0.717, 1.165) is 50.1 Å². The fourth-order valence-electron chi connectivity index (χ4n) is 7.73. The molecule has 3 saturated heterocycles. The predicted octanol–water partition coefficient (Wildman–Crippen LogP) is 9.03. The molecule has 2 aromatic carbocycles. The summed E-state index contributed by atoms with van der Waals surface area (Å²) in [5.41, 5.74) is -1.10. The van der Waals surface area contributed by atoms with Gasteiger partial charge in [-0.25, -0.2) is 23.4 Å². The van der Waals surface area contributed by atoms with Gasteiger partial charge in [0.1, 0.15) is 34.5 Å². The zero-order valence-electron chi connectivity index (χ0n) is 32.3. The lowest BCUT2D eigenvalue weighted by Crippen LogP contribution is -2.56.